The first kappa shape index (κ1) is 20.7. The number of hydrogen-bond donors (Lipinski definition) is 0. The predicted molar refractivity (Wildman–Crippen MR) is 119 cm³/mol. The summed E-state index contributed by atoms with van der Waals surface area (Å²) in [5, 5.41) is 4.36. The van der Waals surface area contributed by atoms with Crippen LogP contribution in [0.3, 0.4) is 0 Å². The topological polar surface area (TPSA) is 78.5 Å². The predicted octanol–water partition coefficient (Wildman–Crippen LogP) is 3.81. The Kier molecular flexibility index (Phi) is 5.81. The Labute approximate surface area is 183 Å². The fourth-order valence-corrected chi connectivity index (χ4v) is 4.48. The van der Waals surface area contributed by atoms with Crippen molar-refractivity contribution in [3.8, 4) is 5.69 Å². The van der Waals surface area contributed by atoms with Crippen LogP contribution in [0.2, 0.25) is 0 Å². The van der Waals surface area contributed by atoms with Crippen LogP contribution in [0, 0.1) is 13.8 Å². The molecule has 0 saturated carbocycles. The lowest BCUT2D eigenvalue weighted by molar-refractivity contribution is -0.143. The molecule has 8 heteroatoms. The number of amides is 1. The van der Waals surface area contributed by atoms with Gasteiger partial charge in [-0.05, 0) is 50.6 Å². The molecule has 2 aromatic carbocycles. The highest BCUT2D eigenvalue weighted by Gasteiger charge is 2.17. The lowest BCUT2D eigenvalue weighted by Crippen LogP contribution is -2.23. The van der Waals surface area contributed by atoms with Gasteiger partial charge in [-0.25, -0.2) is 4.68 Å². The maximum atomic E-state index is 13.0. The third-order valence-electron chi connectivity index (χ3n) is 4.87. The minimum absolute atomic E-state index is 0.00866. The SMILES string of the molecule is CCOC(=O)Cn1c(=NC(=O)c2cnn(-c3ccccc3)c2C)sc2cc(C)ccc21. The number of esters is 1. The van der Waals surface area contributed by atoms with Crippen molar-refractivity contribution in [1.29, 1.82) is 0 Å². The second-order valence-corrected chi connectivity index (χ2v) is 8.06. The van der Waals surface area contributed by atoms with Gasteiger partial charge in [0.15, 0.2) is 4.80 Å². The first-order valence-corrected chi connectivity index (χ1v) is 10.7. The zero-order valence-electron chi connectivity index (χ0n) is 17.5. The number of fused-ring (bicyclic) bond motifs is 1. The third kappa shape index (κ3) is 4.20. The number of carbonyl (C=O) groups is 2. The number of carbonyl (C=O) groups excluding carboxylic acids is 2. The van der Waals surface area contributed by atoms with Gasteiger partial charge in [-0.15, -0.1) is 0 Å². The summed E-state index contributed by atoms with van der Waals surface area (Å²) in [4.78, 5) is 30.0. The highest BCUT2D eigenvalue weighted by atomic mass is 32.1. The lowest BCUT2D eigenvalue weighted by Gasteiger charge is -2.05. The largest absolute Gasteiger partial charge is 0.465 e. The number of nitrogens with zero attached hydrogens (tertiary/aromatic N) is 4. The Balaban J connectivity index is 1.78. The number of thiazole rings is 1. The molecule has 0 saturated heterocycles. The van der Waals surface area contributed by atoms with Crippen molar-refractivity contribution in [2.24, 2.45) is 4.99 Å². The van der Waals surface area contributed by atoms with Gasteiger partial charge in [0.25, 0.3) is 5.91 Å². The molecule has 158 valence electrons. The Morgan fingerprint density at radius 2 is 1.90 bits per heavy atom. The Bertz CT molecular complexity index is 1330. The summed E-state index contributed by atoms with van der Waals surface area (Å²) in [6.07, 6.45) is 1.53. The van der Waals surface area contributed by atoms with Crippen molar-refractivity contribution in [2.45, 2.75) is 27.3 Å². The molecule has 0 aliphatic rings. The highest BCUT2D eigenvalue weighted by molar-refractivity contribution is 7.16. The van der Waals surface area contributed by atoms with Gasteiger partial charge in [0.2, 0.25) is 0 Å². The Hall–Kier alpha value is -3.52. The van der Waals surface area contributed by atoms with Crippen LogP contribution in [-0.2, 0) is 16.1 Å². The van der Waals surface area contributed by atoms with E-state index in [-0.39, 0.29) is 12.5 Å². The lowest BCUT2D eigenvalue weighted by atomic mass is 10.2. The van der Waals surface area contributed by atoms with Crippen LogP contribution >= 0.6 is 11.3 Å². The van der Waals surface area contributed by atoms with Crippen molar-refractivity contribution in [2.75, 3.05) is 6.61 Å². The van der Waals surface area contributed by atoms with E-state index in [9.17, 15) is 9.59 Å². The molecule has 0 bridgehead atoms. The zero-order chi connectivity index (χ0) is 22.0. The van der Waals surface area contributed by atoms with E-state index in [1.54, 1.807) is 16.2 Å². The molecule has 1 amide bonds. The van der Waals surface area contributed by atoms with E-state index in [0.717, 1.165) is 21.5 Å². The van der Waals surface area contributed by atoms with Crippen LogP contribution in [0.1, 0.15) is 28.5 Å². The third-order valence-corrected chi connectivity index (χ3v) is 5.91. The Morgan fingerprint density at radius 3 is 2.65 bits per heavy atom. The molecule has 0 aliphatic heterocycles. The first-order valence-electron chi connectivity index (χ1n) is 9.92. The van der Waals surface area contributed by atoms with Crippen LogP contribution in [0.5, 0.6) is 0 Å². The molecule has 4 rings (SSSR count). The smallest absolute Gasteiger partial charge is 0.326 e. The molecule has 0 fully saturated rings. The summed E-state index contributed by atoms with van der Waals surface area (Å²) >= 11 is 1.37. The summed E-state index contributed by atoms with van der Waals surface area (Å²) in [5.41, 5.74) is 3.92. The van der Waals surface area contributed by atoms with E-state index in [0.29, 0.717) is 22.7 Å². The van der Waals surface area contributed by atoms with E-state index in [4.69, 9.17) is 4.74 Å². The Morgan fingerprint density at radius 1 is 1.13 bits per heavy atom. The molecule has 7 nitrogen and oxygen atoms in total. The first-order chi connectivity index (χ1) is 15.0. The summed E-state index contributed by atoms with van der Waals surface area (Å²) < 4.78 is 9.50. The molecule has 0 atom stereocenters. The molecule has 4 aromatic rings. The van der Waals surface area contributed by atoms with Crippen molar-refractivity contribution < 1.29 is 14.3 Å². The molecule has 2 heterocycles. The van der Waals surface area contributed by atoms with Gasteiger partial charge >= 0.3 is 5.97 Å². The number of hydrogen-bond acceptors (Lipinski definition) is 5. The standard InChI is InChI=1S/C23H22N4O3S/c1-4-30-21(28)14-26-19-11-10-15(2)12-20(19)31-23(26)25-22(29)18-13-24-27(16(18)3)17-8-6-5-7-9-17/h5-13H,4,14H2,1-3H3. The molecule has 31 heavy (non-hydrogen) atoms. The van der Waals surface area contributed by atoms with Crippen molar-refractivity contribution >= 4 is 33.4 Å². The molecule has 0 aliphatic carbocycles. The van der Waals surface area contributed by atoms with Crippen LogP contribution in [0.25, 0.3) is 15.9 Å². The molecule has 0 unspecified atom stereocenters. The minimum Gasteiger partial charge on any atom is -0.465 e. The fourth-order valence-electron chi connectivity index (χ4n) is 3.35. The van der Waals surface area contributed by atoms with Gasteiger partial charge < -0.3 is 9.30 Å². The van der Waals surface area contributed by atoms with E-state index in [2.05, 4.69) is 10.1 Å². The summed E-state index contributed by atoms with van der Waals surface area (Å²) in [7, 11) is 0. The maximum Gasteiger partial charge on any atom is 0.326 e. The van der Waals surface area contributed by atoms with Crippen LogP contribution < -0.4 is 4.80 Å². The number of aromatic nitrogens is 3. The van der Waals surface area contributed by atoms with E-state index < -0.39 is 5.91 Å². The highest BCUT2D eigenvalue weighted by Crippen LogP contribution is 2.20. The van der Waals surface area contributed by atoms with Crippen molar-refractivity contribution in [3.63, 3.8) is 0 Å². The van der Waals surface area contributed by atoms with Gasteiger partial charge in [-0.3, -0.25) is 9.59 Å². The minimum atomic E-state index is -0.402. The van der Waals surface area contributed by atoms with E-state index >= 15 is 0 Å². The van der Waals surface area contributed by atoms with Gasteiger partial charge in [0, 0.05) is 0 Å². The van der Waals surface area contributed by atoms with E-state index in [1.807, 2.05) is 62.4 Å². The second kappa shape index (κ2) is 8.69. The van der Waals surface area contributed by atoms with Crippen LogP contribution in [0.15, 0.2) is 59.7 Å². The number of para-hydroxylation sites is 1. The van der Waals surface area contributed by atoms with Crippen LogP contribution in [0.4, 0.5) is 0 Å². The van der Waals surface area contributed by atoms with Gasteiger partial charge in [0.1, 0.15) is 6.54 Å². The van der Waals surface area contributed by atoms with Gasteiger partial charge in [0.05, 0.1) is 40.0 Å². The average molecular weight is 435 g/mol. The summed E-state index contributed by atoms with van der Waals surface area (Å²) in [6, 6.07) is 15.5. The fraction of sp³-hybridized carbons (Fsp3) is 0.217. The molecule has 2 aromatic heterocycles. The quantitative estimate of drug-likeness (QED) is 0.448. The zero-order valence-corrected chi connectivity index (χ0v) is 18.3. The maximum absolute atomic E-state index is 13.0. The number of aryl methyl sites for hydroxylation is 1. The summed E-state index contributed by atoms with van der Waals surface area (Å²) in [5.74, 6) is -0.773. The molecular formula is C23H22N4O3S. The number of rotatable bonds is 5. The van der Waals surface area contributed by atoms with E-state index in [1.165, 1.54) is 17.5 Å². The monoisotopic (exact) mass is 434 g/mol. The van der Waals surface area contributed by atoms with Gasteiger partial charge in [-0.2, -0.15) is 10.1 Å². The van der Waals surface area contributed by atoms with Gasteiger partial charge in [-0.1, -0.05) is 35.6 Å². The van der Waals surface area contributed by atoms with Crippen LogP contribution in [-0.4, -0.2) is 32.8 Å². The van der Waals surface area contributed by atoms with Crippen molar-refractivity contribution in [3.05, 3.63) is 76.4 Å². The number of benzene rings is 2. The molecule has 0 spiro atoms. The average Bonchev–Trinajstić information content (AvgIpc) is 3.29. The van der Waals surface area contributed by atoms with Crippen molar-refractivity contribution in [1.82, 2.24) is 14.3 Å². The molecule has 0 radical (unpaired) electrons. The molecular weight excluding hydrogens is 412 g/mol. The second-order valence-electron chi connectivity index (χ2n) is 7.05. The summed E-state index contributed by atoms with van der Waals surface area (Å²) in [6.45, 7) is 5.89. The number of ether oxygens (including phenoxy) is 1. The molecule has 0 N–H and O–H groups in total. The normalized spacial score (nSPS) is 11.8.